The van der Waals surface area contributed by atoms with Gasteiger partial charge in [0.1, 0.15) is 0 Å². The molecule has 0 aliphatic heterocycles. The minimum atomic E-state index is 0.0820. The van der Waals surface area contributed by atoms with Crippen molar-refractivity contribution in [2.45, 2.75) is 25.8 Å². The Morgan fingerprint density at radius 3 is 2.84 bits per heavy atom. The van der Waals surface area contributed by atoms with Gasteiger partial charge in [-0.05, 0) is 24.6 Å². The second-order valence-corrected chi connectivity index (χ2v) is 4.83. The summed E-state index contributed by atoms with van der Waals surface area (Å²) in [6, 6.07) is 8.08. The van der Waals surface area contributed by atoms with Gasteiger partial charge >= 0.3 is 0 Å². The smallest absolute Gasteiger partial charge is 0.257 e. The molecule has 0 bridgehead atoms. The van der Waals surface area contributed by atoms with Gasteiger partial charge in [0.15, 0.2) is 5.82 Å². The first-order valence-corrected chi connectivity index (χ1v) is 6.46. The summed E-state index contributed by atoms with van der Waals surface area (Å²) in [6.07, 6.45) is 1.55. The quantitative estimate of drug-likeness (QED) is 0.891. The van der Waals surface area contributed by atoms with Gasteiger partial charge in [-0.2, -0.15) is 4.98 Å². The molecule has 5 heteroatoms. The fraction of sp³-hybridized carbons (Fsp3) is 0.429. The highest BCUT2D eigenvalue weighted by Crippen LogP contribution is 2.22. The Bertz CT molecular complexity index is 536. The average molecular weight is 260 g/mol. The van der Waals surface area contributed by atoms with E-state index < -0.39 is 0 Å². The lowest BCUT2D eigenvalue weighted by molar-refractivity contribution is 0.419. The maximum atomic E-state index is 5.89. The summed E-state index contributed by atoms with van der Waals surface area (Å²) in [7, 11) is 4.00. The van der Waals surface area contributed by atoms with Gasteiger partial charge in [-0.25, -0.2) is 0 Å². The van der Waals surface area contributed by atoms with Crippen LogP contribution in [0.2, 0.25) is 0 Å². The number of hydrogen-bond acceptors (Lipinski definition) is 5. The minimum Gasteiger partial charge on any atom is -0.378 e. The molecule has 0 fully saturated rings. The second-order valence-electron chi connectivity index (χ2n) is 4.83. The first-order valence-electron chi connectivity index (χ1n) is 6.46. The number of nitrogens with two attached hydrogens (primary N) is 1. The Balaban J connectivity index is 2.20. The summed E-state index contributed by atoms with van der Waals surface area (Å²) < 4.78 is 5.30. The standard InChI is InChI=1S/C14H20N4O/c1-4-11(15)9-13-16-14(19-17-13)10-6-5-7-12(8-10)18(2)3/h5-8,11H,4,9,15H2,1-3H3. The maximum Gasteiger partial charge on any atom is 0.257 e. The Morgan fingerprint density at radius 1 is 1.37 bits per heavy atom. The normalized spacial score (nSPS) is 12.4. The summed E-state index contributed by atoms with van der Waals surface area (Å²) in [5, 5.41) is 3.98. The second kappa shape index (κ2) is 5.84. The highest BCUT2D eigenvalue weighted by atomic mass is 16.5. The molecule has 1 atom stereocenters. The van der Waals surface area contributed by atoms with Crippen molar-refractivity contribution in [2.75, 3.05) is 19.0 Å². The largest absolute Gasteiger partial charge is 0.378 e. The van der Waals surface area contributed by atoms with Crippen molar-refractivity contribution in [2.24, 2.45) is 5.73 Å². The monoisotopic (exact) mass is 260 g/mol. The van der Waals surface area contributed by atoms with E-state index in [4.69, 9.17) is 10.3 Å². The van der Waals surface area contributed by atoms with Gasteiger partial charge in [0.25, 0.3) is 5.89 Å². The summed E-state index contributed by atoms with van der Waals surface area (Å²) >= 11 is 0. The zero-order valence-corrected chi connectivity index (χ0v) is 11.6. The molecule has 2 rings (SSSR count). The minimum absolute atomic E-state index is 0.0820. The van der Waals surface area contributed by atoms with Crippen molar-refractivity contribution in [1.82, 2.24) is 10.1 Å². The molecule has 1 aromatic heterocycles. The van der Waals surface area contributed by atoms with Crippen LogP contribution in [-0.4, -0.2) is 30.3 Å². The van der Waals surface area contributed by atoms with Crippen LogP contribution in [0.3, 0.4) is 0 Å². The lowest BCUT2D eigenvalue weighted by Gasteiger charge is -2.12. The molecule has 102 valence electrons. The molecule has 0 saturated carbocycles. The van der Waals surface area contributed by atoms with Crippen LogP contribution in [0.15, 0.2) is 28.8 Å². The molecule has 1 aromatic carbocycles. The van der Waals surface area contributed by atoms with Crippen LogP contribution in [0, 0.1) is 0 Å². The third-order valence-electron chi connectivity index (χ3n) is 3.05. The van der Waals surface area contributed by atoms with E-state index >= 15 is 0 Å². The highest BCUT2D eigenvalue weighted by molar-refractivity contribution is 5.61. The van der Waals surface area contributed by atoms with Gasteiger partial charge in [-0.1, -0.05) is 18.1 Å². The average Bonchev–Trinajstić information content (AvgIpc) is 2.87. The highest BCUT2D eigenvalue weighted by Gasteiger charge is 2.11. The Kier molecular flexibility index (Phi) is 4.16. The van der Waals surface area contributed by atoms with Crippen molar-refractivity contribution in [1.29, 1.82) is 0 Å². The van der Waals surface area contributed by atoms with Crippen LogP contribution in [-0.2, 0) is 6.42 Å². The van der Waals surface area contributed by atoms with Crippen molar-refractivity contribution in [3.8, 4) is 11.5 Å². The van der Waals surface area contributed by atoms with Gasteiger partial charge in [-0.3, -0.25) is 0 Å². The predicted molar refractivity (Wildman–Crippen MR) is 76.0 cm³/mol. The fourth-order valence-electron chi connectivity index (χ4n) is 1.75. The molecule has 2 N–H and O–H groups in total. The molecule has 0 amide bonds. The van der Waals surface area contributed by atoms with Crippen molar-refractivity contribution in [3.05, 3.63) is 30.1 Å². The van der Waals surface area contributed by atoms with Gasteiger partial charge in [-0.15, -0.1) is 0 Å². The molecule has 0 saturated heterocycles. The molecular formula is C14H20N4O. The molecule has 0 radical (unpaired) electrons. The number of anilines is 1. The number of nitrogens with zero attached hydrogens (tertiary/aromatic N) is 3. The lowest BCUT2D eigenvalue weighted by Crippen LogP contribution is -2.21. The number of rotatable bonds is 5. The van der Waals surface area contributed by atoms with E-state index in [1.807, 2.05) is 50.2 Å². The summed E-state index contributed by atoms with van der Waals surface area (Å²) in [6.45, 7) is 2.05. The predicted octanol–water partition coefficient (Wildman–Crippen LogP) is 2.08. The third kappa shape index (κ3) is 3.32. The summed E-state index contributed by atoms with van der Waals surface area (Å²) in [5.41, 5.74) is 7.91. The van der Waals surface area contributed by atoms with Gasteiger partial charge in [0.2, 0.25) is 0 Å². The number of aromatic nitrogens is 2. The molecule has 0 aliphatic carbocycles. The van der Waals surface area contributed by atoms with Crippen LogP contribution < -0.4 is 10.6 Å². The molecule has 5 nitrogen and oxygen atoms in total. The van der Waals surface area contributed by atoms with Gasteiger partial charge < -0.3 is 15.2 Å². The van der Waals surface area contributed by atoms with E-state index in [0.29, 0.717) is 18.1 Å². The first kappa shape index (κ1) is 13.5. The SMILES string of the molecule is CCC(N)Cc1noc(-c2cccc(N(C)C)c2)n1. The van der Waals surface area contributed by atoms with Crippen molar-refractivity contribution >= 4 is 5.69 Å². The van der Waals surface area contributed by atoms with E-state index in [1.54, 1.807) is 0 Å². The van der Waals surface area contributed by atoms with Crippen LogP contribution in [0.5, 0.6) is 0 Å². The number of hydrogen-bond donors (Lipinski definition) is 1. The molecule has 1 heterocycles. The molecule has 0 aliphatic rings. The zero-order chi connectivity index (χ0) is 13.8. The lowest BCUT2D eigenvalue weighted by atomic mass is 10.1. The Labute approximate surface area is 113 Å². The van der Waals surface area contributed by atoms with E-state index in [0.717, 1.165) is 17.7 Å². The maximum absolute atomic E-state index is 5.89. The Hall–Kier alpha value is -1.88. The van der Waals surface area contributed by atoms with E-state index in [1.165, 1.54) is 0 Å². The van der Waals surface area contributed by atoms with E-state index in [9.17, 15) is 0 Å². The molecular weight excluding hydrogens is 240 g/mol. The van der Waals surface area contributed by atoms with Crippen LogP contribution in [0.4, 0.5) is 5.69 Å². The summed E-state index contributed by atoms with van der Waals surface area (Å²) in [4.78, 5) is 6.43. The molecule has 19 heavy (non-hydrogen) atoms. The molecule has 0 spiro atoms. The fourth-order valence-corrected chi connectivity index (χ4v) is 1.75. The van der Waals surface area contributed by atoms with Crippen molar-refractivity contribution in [3.63, 3.8) is 0 Å². The molecule has 2 aromatic rings. The van der Waals surface area contributed by atoms with E-state index in [2.05, 4.69) is 10.1 Å². The molecule has 1 unspecified atom stereocenters. The Morgan fingerprint density at radius 2 is 2.16 bits per heavy atom. The third-order valence-corrected chi connectivity index (χ3v) is 3.05. The topological polar surface area (TPSA) is 68.2 Å². The zero-order valence-electron chi connectivity index (χ0n) is 11.6. The van der Waals surface area contributed by atoms with Gasteiger partial charge in [0, 0.05) is 37.8 Å². The van der Waals surface area contributed by atoms with Crippen LogP contribution >= 0.6 is 0 Å². The van der Waals surface area contributed by atoms with Crippen LogP contribution in [0.1, 0.15) is 19.2 Å². The van der Waals surface area contributed by atoms with Gasteiger partial charge in [0.05, 0.1) is 0 Å². The van der Waals surface area contributed by atoms with Crippen molar-refractivity contribution < 1.29 is 4.52 Å². The van der Waals surface area contributed by atoms with Crippen LogP contribution in [0.25, 0.3) is 11.5 Å². The number of benzene rings is 1. The summed E-state index contributed by atoms with van der Waals surface area (Å²) in [5.74, 6) is 1.21. The first-order chi connectivity index (χ1) is 9.10. The van der Waals surface area contributed by atoms with E-state index in [-0.39, 0.29) is 6.04 Å².